The summed E-state index contributed by atoms with van der Waals surface area (Å²) in [6.45, 7) is 6.22. The Labute approximate surface area is 107 Å². The van der Waals surface area contributed by atoms with Gasteiger partial charge >= 0.3 is 0 Å². The Bertz CT molecular complexity index is 348. The third kappa shape index (κ3) is 2.22. The van der Waals surface area contributed by atoms with Crippen molar-refractivity contribution in [3.8, 4) is 0 Å². The summed E-state index contributed by atoms with van der Waals surface area (Å²) in [5, 5.41) is 6.00. The standard InChI is InChI=1S/C12H20N4O2/c17-11-5-9(6-14-11)12(18)16-3-1-15(2-4-16)10-7-13-8-10/h9-10,13H,1-8H2,(H,14,17). The first-order valence-corrected chi connectivity index (χ1v) is 6.74. The van der Waals surface area contributed by atoms with Crippen LogP contribution in [0.4, 0.5) is 0 Å². The molecule has 3 fully saturated rings. The predicted molar refractivity (Wildman–Crippen MR) is 65.9 cm³/mol. The van der Waals surface area contributed by atoms with E-state index in [-0.39, 0.29) is 17.7 Å². The molecule has 0 saturated carbocycles. The van der Waals surface area contributed by atoms with Crippen LogP contribution in [0.3, 0.4) is 0 Å². The molecule has 3 heterocycles. The molecule has 3 aliphatic rings. The molecule has 0 bridgehead atoms. The summed E-state index contributed by atoms with van der Waals surface area (Å²) in [6.07, 6.45) is 0.367. The van der Waals surface area contributed by atoms with Gasteiger partial charge in [-0.25, -0.2) is 0 Å². The van der Waals surface area contributed by atoms with E-state index in [4.69, 9.17) is 0 Å². The van der Waals surface area contributed by atoms with Gasteiger partial charge in [-0.3, -0.25) is 14.5 Å². The summed E-state index contributed by atoms with van der Waals surface area (Å²) < 4.78 is 0. The van der Waals surface area contributed by atoms with Crippen LogP contribution >= 0.6 is 0 Å². The average Bonchev–Trinajstić information content (AvgIpc) is 2.74. The minimum Gasteiger partial charge on any atom is -0.355 e. The number of nitrogens with zero attached hydrogens (tertiary/aromatic N) is 2. The predicted octanol–water partition coefficient (Wildman–Crippen LogP) is -1.76. The molecular weight excluding hydrogens is 232 g/mol. The van der Waals surface area contributed by atoms with Crippen molar-refractivity contribution in [3.63, 3.8) is 0 Å². The molecular formula is C12H20N4O2. The maximum absolute atomic E-state index is 12.2. The Kier molecular flexibility index (Phi) is 3.22. The maximum atomic E-state index is 12.2. The van der Waals surface area contributed by atoms with Crippen LogP contribution < -0.4 is 10.6 Å². The lowest BCUT2D eigenvalue weighted by Crippen LogP contribution is -2.62. The Morgan fingerprint density at radius 3 is 2.33 bits per heavy atom. The molecule has 0 radical (unpaired) electrons. The number of hydrogen-bond donors (Lipinski definition) is 2. The number of rotatable bonds is 2. The van der Waals surface area contributed by atoms with Gasteiger partial charge in [0.15, 0.2) is 0 Å². The van der Waals surface area contributed by atoms with Crippen LogP contribution in [-0.4, -0.2) is 73.5 Å². The quantitative estimate of drug-likeness (QED) is 0.611. The highest BCUT2D eigenvalue weighted by Crippen LogP contribution is 2.16. The van der Waals surface area contributed by atoms with Crippen molar-refractivity contribution in [1.82, 2.24) is 20.4 Å². The summed E-state index contributed by atoms with van der Waals surface area (Å²) in [6, 6.07) is 0.664. The fourth-order valence-corrected chi connectivity index (χ4v) is 2.88. The Hall–Kier alpha value is -1.14. The Morgan fingerprint density at radius 2 is 1.83 bits per heavy atom. The molecule has 2 amide bonds. The van der Waals surface area contributed by atoms with Crippen LogP contribution in [0.25, 0.3) is 0 Å². The van der Waals surface area contributed by atoms with Crippen LogP contribution in [0, 0.1) is 5.92 Å². The van der Waals surface area contributed by atoms with E-state index < -0.39 is 0 Å². The van der Waals surface area contributed by atoms with Crippen molar-refractivity contribution in [3.05, 3.63) is 0 Å². The second-order valence-corrected chi connectivity index (χ2v) is 5.38. The second-order valence-electron chi connectivity index (χ2n) is 5.38. The van der Waals surface area contributed by atoms with Crippen LogP contribution in [0.1, 0.15) is 6.42 Å². The Balaban J connectivity index is 1.49. The topological polar surface area (TPSA) is 64.7 Å². The third-order valence-electron chi connectivity index (χ3n) is 4.23. The van der Waals surface area contributed by atoms with Gasteiger partial charge in [0.05, 0.1) is 5.92 Å². The summed E-state index contributed by atoms with van der Waals surface area (Å²) >= 11 is 0. The van der Waals surface area contributed by atoms with E-state index in [1.165, 1.54) is 0 Å². The van der Waals surface area contributed by atoms with E-state index in [0.29, 0.717) is 19.0 Å². The smallest absolute Gasteiger partial charge is 0.228 e. The molecule has 0 aliphatic carbocycles. The highest BCUT2D eigenvalue weighted by atomic mass is 16.2. The summed E-state index contributed by atoms with van der Waals surface area (Å²) in [5.41, 5.74) is 0. The molecule has 6 heteroatoms. The minimum atomic E-state index is -0.130. The summed E-state index contributed by atoms with van der Waals surface area (Å²) in [4.78, 5) is 27.7. The van der Waals surface area contributed by atoms with Crippen LogP contribution in [0.5, 0.6) is 0 Å². The van der Waals surface area contributed by atoms with Crippen LogP contribution in [0.15, 0.2) is 0 Å². The first-order chi connectivity index (χ1) is 8.74. The second kappa shape index (κ2) is 4.85. The highest BCUT2D eigenvalue weighted by molar-refractivity contribution is 5.89. The number of carbonyl (C=O) groups excluding carboxylic acids is 2. The summed E-state index contributed by atoms with van der Waals surface area (Å²) in [7, 11) is 0. The molecule has 2 N–H and O–H groups in total. The largest absolute Gasteiger partial charge is 0.355 e. The molecule has 1 unspecified atom stereocenters. The molecule has 1 atom stereocenters. The number of carbonyl (C=O) groups is 2. The molecule has 3 aliphatic heterocycles. The zero-order valence-corrected chi connectivity index (χ0v) is 10.5. The lowest BCUT2D eigenvalue weighted by atomic mass is 10.1. The zero-order chi connectivity index (χ0) is 12.5. The first-order valence-electron chi connectivity index (χ1n) is 6.74. The van der Waals surface area contributed by atoms with E-state index in [2.05, 4.69) is 15.5 Å². The molecule has 3 rings (SSSR count). The lowest BCUT2D eigenvalue weighted by molar-refractivity contribution is -0.138. The Morgan fingerprint density at radius 1 is 1.11 bits per heavy atom. The van der Waals surface area contributed by atoms with Crippen molar-refractivity contribution >= 4 is 11.8 Å². The zero-order valence-electron chi connectivity index (χ0n) is 10.5. The van der Waals surface area contributed by atoms with Gasteiger partial charge < -0.3 is 15.5 Å². The van der Waals surface area contributed by atoms with Gasteiger partial charge in [0.25, 0.3) is 0 Å². The molecule has 18 heavy (non-hydrogen) atoms. The average molecular weight is 252 g/mol. The van der Waals surface area contributed by atoms with Gasteiger partial charge in [0.2, 0.25) is 11.8 Å². The van der Waals surface area contributed by atoms with E-state index in [0.717, 1.165) is 39.3 Å². The highest BCUT2D eigenvalue weighted by Gasteiger charge is 2.34. The molecule has 6 nitrogen and oxygen atoms in total. The van der Waals surface area contributed by atoms with Crippen molar-refractivity contribution in [1.29, 1.82) is 0 Å². The maximum Gasteiger partial charge on any atom is 0.228 e. The van der Waals surface area contributed by atoms with Gasteiger partial charge in [-0.05, 0) is 0 Å². The number of hydrogen-bond acceptors (Lipinski definition) is 4. The number of nitrogens with one attached hydrogen (secondary N) is 2. The lowest BCUT2D eigenvalue weighted by Gasteiger charge is -2.43. The summed E-state index contributed by atoms with van der Waals surface area (Å²) in [5.74, 6) is 0.0293. The molecule has 0 spiro atoms. The number of piperazine rings is 1. The molecule has 0 aromatic heterocycles. The molecule has 0 aromatic rings. The van der Waals surface area contributed by atoms with Gasteiger partial charge in [-0.1, -0.05) is 0 Å². The van der Waals surface area contributed by atoms with Gasteiger partial charge in [-0.2, -0.15) is 0 Å². The monoisotopic (exact) mass is 252 g/mol. The van der Waals surface area contributed by atoms with E-state index in [1.54, 1.807) is 0 Å². The van der Waals surface area contributed by atoms with Gasteiger partial charge in [0, 0.05) is 58.3 Å². The minimum absolute atomic E-state index is 0.00697. The van der Waals surface area contributed by atoms with E-state index in [9.17, 15) is 9.59 Å². The van der Waals surface area contributed by atoms with Crippen molar-refractivity contribution < 1.29 is 9.59 Å². The molecule has 100 valence electrons. The fourth-order valence-electron chi connectivity index (χ4n) is 2.88. The van der Waals surface area contributed by atoms with E-state index in [1.807, 2.05) is 4.90 Å². The van der Waals surface area contributed by atoms with Crippen molar-refractivity contribution in [2.45, 2.75) is 12.5 Å². The van der Waals surface area contributed by atoms with Gasteiger partial charge in [-0.15, -0.1) is 0 Å². The number of amides is 2. The normalized spacial score (nSPS) is 30.1. The van der Waals surface area contributed by atoms with Gasteiger partial charge in [0.1, 0.15) is 0 Å². The third-order valence-corrected chi connectivity index (χ3v) is 4.23. The van der Waals surface area contributed by atoms with E-state index >= 15 is 0 Å². The molecule has 0 aromatic carbocycles. The van der Waals surface area contributed by atoms with Crippen LogP contribution in [-0.2, 0) is 9.59 Å². The van der Waals surface area contributed by atoms with Crippen LogP contribution in [0.2, 0.25) is 0 Å². The fraction of sp³-hybridized carbons (Fsp3) is 0.833. The first kappa shape index (κ1) is 11.9. The van der Waals surface area contributed by atoms with Crippen molar-refractivity contribution in [2.24, 2.45) is 5.92 Å². The SMILES string of the molecule is O=C1CC(C(=O)N2CCN(C3CNC3)CC2)CN1. The van der Waals surface area contributed by atoms with Crippen molar-refractivity contribution in [2.75, 3.05) is 45.8 Å². The molecule has 3 saturated heterocycles.